The van der Waals surface area contributed by atoms with Crippen molar-refractivity contribution in [2.45, 2.75) is 47.1 Å². The Hall–Kier alpha value is -3.66. The first-order valence-corrected chi connectivity index (χ1v) is 14.1. The molecule has 0 bridgehead atoms. The van der Waals surface area contributed by atoms with Crippen molar-refractivity contribution >= 4 is 35.4 Å². The number of carbonyl (C=O) groups is 3. The lowest BCUT2D eigenvalue weighted by atomic mass is 10.1. The monoisotopic (exact) mass is 553 g/mol. The fourth-order valence-electron chi connectivity index (χ4n) is 4.52. The third-order valence-electron chi connectivity index (χ3n) is 6.91. The Kier molecular flexibility index (Phi) is 13.4. The zero-order valence-corrected chi connectivity index (χ0v) is 25.0. The van der Waals surface area contributed by atoms with E-state index in [-0.39, 0.29) is 23.8 Å². The number of amides is 3. The molecule has 1 aromatic carbocycles. The van der Waals surface area contributed by atoms with E-state index in [1.807, 2.05) is 38.7 Å². The van der Waals surface area contributed by atoms with Crippen molar-refractivity contribution in [2.75, 3.05) is 68.8 Å². The molecule has 3 N–H and O–H groups in total. The summed E-state index contributed by atoms with van der Waals surface area (Å²) in [6.07, 6.45) is 3.22. The Morgan fingerprint density at radius 3 is 2.27 bits per heavy atom. The summed E-state index contributed by atoms with van der Waals surface area (Å²) in [5, 5.41) is 2.65. The molecule has 1 unspecified atom stereocenters. The predicted molar refractivity (Wildman–Crippen MR) is 162 cm³/mol. The fourth-order valence-corrected chi connectivity index (χ4v) is 4.52. The largest absolute Gasteiger partial charge is 0.383 e. The molecule has 2 aromatic rings. The number of pyridine rings is 1. The molecule has 10 nitrogen and oxygen atoms in total. The topological polar surface area (TPSA) is 115 Å². The number of hydrogen-bond donors (Lipinski definition) is 2. The minimum atomic E-state index is -0.103. The molecule has 2 saturated heterocycles. The fraction of sp³-hybridized carbons (Fsp3) is 0.533. The summed E-state index contributed by atoms with van der Waals surface area (Å²) in [5.74, 6) is 0.647. The first kappa shape index (κ1) is 32.6. The highest BCUT2D eigenvalue weighted by Gasteiger charge is 2.27. The van der Waals surface area contributed by atoms with Crippen molar-refractivity contribution < 1.29 is 14.4 Å². The number of carbonyl (C=O) groups excluding carboxylic acids is 3. The molecule has 1 aromatic heterocycles. The molecule has 40 heavy (non-hydrogen) atoms. The number of piperazine rings is 2. The van der Waals surface area contributed by atoms with Crippen molar-refractivity contribution in [3.63, 3.8) is 0 Å². The number of nitrogens with zero attached hydrogens (tertiary/aromatic N) is 5. The van der Waals surface area contributed by atoms with Crippen LogP contribution in [-0.2, 0) is 20.8 Å². The Balaban J connectivity index is 0.000000210. The normalized spacial score (nSPS) is 17.3. The van der Waals surface area contributed by atoms with E-state index in [1.165, 1.54) is 25.7 Å². The maximum absolute atomic E-state index is 11.7. The molecule has 1 atom stereocenters. The predicted octanol–water partition coefficient (Wildman–Crippen LogP) is 2.95. The zero-order chi connectivity index (χ0) is 29.7. The van der Waals surface area contributed by atoms with E-state index < -0.39 is 0 Å². The summed E-state index contributed by atoms with van der Waals surface area (Å²) in [6.45, 7) is 15.9. The second-order valence-electron chi connectivity index (χ2n) is 10.6. The third kappa shape index (κ3) is 10.5. The van der Waals surface area contributed by atoms with Gasteiger partial charge in [-0.25, -0.2) is 4.98 Å². The molecule has 10 heteroatoms. The van der Waals surface area contributed by atoms with Gasteiger partial charge < -0.3 is 30.7 Å². The SMILES string of the molecule is CC(C)C(=O)N1CCN(C=O)CC1C.CCc1cc(NC(C)=O)cnc1N.CN1CCN(c2ccccc2)CC1. The van der Waals surface area contributed by atoms with Crippen LogP contribution >= 0.6 is 0 Å². The highest BCUT2D eigenvalue weighted by atomic mass is 16.2. The van der Waals surface area contributed by atoms with Gasteiger partial charge in [0.15, 0.2) is 0 Å². The first-order valence-electron chi connectivity index (χ1n) is 14.1. The number of aryl methyl sites for hydroxylation is 1. The van der Waals surface area contributed by atoms with Crippen LogP contribution in [0.15, 0.2) is 42.6 Å². The van der Waals surface area contributed by atoms with Gasteiger partial charge in [-0.3, -0.25) is 14.4 Å². The summed E-state index contributed by atoms with van der Waals surface area (Å²) in [4.78, 5) is 45.4. The Morgan fingerprint density at radius 2 is 1.75 bits per heavy atom. The van der Waals surface area contributed by atoms with E-state index in [0.717, 1.165) is 31.5 Å². The second-order valence-corrected chi connectivity index (χ2v) is 10.6. The summed E-state index contributed by atoms with van der Waals surface area (Å²) < 4.78 is 0. The second kappa shape index (κ2) is 16.4. The van der Waals surface area contributed by atoms with Crippen LogP contribution in [0.4, 0.5) is 17.2 Å². The highest BCUT2D eigenvalue weighted by molar-refractivity contribution is 5.88. The molecule has 2 aliphatic heterocycles. The minimum absolute atomic E-state index is 0.0419. The number of aromatic nitrogens is 1. The van der Waals surface area contributed by atoms with Gasteiger partial charge in [-0.1, -0.05) is 39.0 Å². The molecule has 3 amide bonds. The Labute approximate surface area is 239 Å². The maximum atomic E-state index is 11.7. The number of para-hydroxylation sites is 1. The first-order chi connectivity index (χ1) is 19.0. The van der Waals surface area contributed by atoms with Crippen LogP contribution in [0.2, 0.25) is 0 Å². The maximum Gasteiger partial charge on any atom is 0.225 e. The number of benzene rings is 1. The van der Waals surface area contributed by atoms with Gasteiger partial charge >= 0.3 is 0 Å². The lowest BCUT2D eigenvalue weighted by molar-refractivity contribution is -0.141. The zero-order valence-electron chi connectivity index (χ0n) is 25.0. The summed E-state index contributed by atoms with van der Waals surface area (Å²) >= 11 is 0. The van der Waals surface area contributed by atoms with Crippen LogP contribution in [0.25, 0.3) is 0 Å². The van der Waals surface area contributed by atoms with E-state index in [1.54, 1.807) is 11.1 Å². The molecule has 0 spiro atoms. The van der Waals surface area contributed by atoms with Crippen molar-refractivity contribution in [2.24, 2.45) is 5.92 Å². The highest BCUT2D eigenvalue weighted by Crippen LogP contribution is 2.16. The average molecular weight is 554 g/mol. The lowest BCUT2D eigenvalue weighted by Crippen LogP contribution is -2.54. The number of likely N-dealkylation sites (N-methyl/N-ethyl adjacent to an activating group) is 1. The van der Waals surface area contributed by atoms with Crippen LogP contribution < -0.4 is 16.0 Å². The molecule has 4 rings (SSSR count). The van der Waals surface area contributed by atoms with Crippen LogP contribution in [0, 0.1) is 5.92 Å². The number of hydrogen-bond acceptors (Lipinski definition) is 7. The number of rotatable bonds is 5. The van der Waals surface area contributed by atoms with Gasteiger partial charge in [0.2, 0.25) is 18.2 Å². The van der Waals surface area contributed by atoms with Gasteiger partial charge in [0, 0.05) is 70.4 Å². The van der Waals surface area contributed by atoms with Gasteiger partial charge in [-0.15, -0.1) is 0 Å². The quantitative estimate of drug-likeness (QED) is 0.547. The van der Waals surface area contributed by atoms with Crippen LogP contribution in [0.5, 0.6) is 0 Å². The van der Waals surface area contributed by atoms with E-state index in [9.17, 15) is 14.4 Å². The van der Waals surface area contributed by atoms with Crippen LogP contribution in [-0.4, -0.2) is 96.8 Å². The molecule has 0 radical (unpaired) electrons. The molecule has 220 valence electrons. The number of nitrogens with one attached hydrogen (secondary N) is 1. The van der Waals surface area contributed by atoms with Gasteiger partial charge in [0.1, 0.15) is 5.82 Å². The number of nitrogen functional groups attached to an aromatic ring is 1. The Morgan fingerprint density at radius 1 is 1.10 bits per heavy atom. The molecule has 0 saturated carbocycles. The molecule has 3 heterocycles. The van der Waals surface area contributed by atoms with Crippen molar-refractivity contribution in [1.82, 2.24) is 19.7 Å². The summed E-state index contributed by atoms with van der Waals surface area (Å²) in [6, 6.07) is 12.6. The number of anilines is 3. The van der Waals surface area contributed by atoms with Crippen LogP contribution in [0.3, 0.4) is 0 Å². The van der Waals surface area contributed by atoms with Gasteiger partial charge in [-0.05, 0) is 44.2 Å². The van der Waals surface area contributed by atoms with E-state index >= 15 is 0 Å². The van der Waals surface area contributed by atoms with E-state index in [2.05, 4.69) is 57.5 Å². The van der Waals surface area contributed by atoms with Crippen LogP contribution in [0.1, 0.15) is 40.2 Å². The van der Waals surface area contributed by atoms with Gasteiger partial charge in [-0.2, -0.15) is 0 Å². The minimum Gasteiger partial charge on any atom is -0.383 e. The van der Waals surface area contributed by atoms with Gasteiger partial charge in [0.05, 0.1) is 11.9 Å². The van der Waals surface area contributed by atoms with Gasteiger partial charge in [0.25, 0.3) is 0 Å². The molecular weight excluding hydrogens is 506 g/mol. The Bertz CT molecular complexity index is 1070. The average Bonchev–Trinajstić information content (AvgIpc) is 2.95. The standard InChI is InChI=1S/C11H16N2.C10H18N2O2.C9H13N3O/c1-12-7-9-13(10-8-12)11-5-3-2-4-6-11;1-8(2)10(14)12-5-4-11(7-13)6-9(12)3;1-3-7-4-8(12-6(2)13)5-11-9(7)10/h2-6H,7-10H2,1H3;7-9H,4-6H2,1-3H3;4-5H,3H2,1-2H3,(H2,10,11)(H,12,13). The number of nitrogens with two attached hydrogens (primary N) is 1. The summed E-state index contributed by atoms with van der Waals surface area (Å²) in [7, 11) is 2.18. The smallest absolute Gasteiger partial charge is 0.225 e. The molecule has 2 fully saturated rings. The summed E-state index contributed by atoms with van der Waals surface area (Å²) in [5.41, 5.74) is 8.61. The van der Waals surface area contributed by atoms with Crippen molar-refractivity contribution in [3.05, 3.63) is 48.2 Å². The van der Waals surface area contributed by atoms with E-state index in [4.69, 9.17) is 5.73 Å². The molecule has 0 aliphatic carbocycles. The molecular formula is C30H47N7O3. The van der Waals surface area contributed by atoms with Crippen molar-refractivity contribution in [3.8, 4) is 0 Å². The van der Waals surface area contributed by atoms with Crippen molar-refractivity contribution in [1.29, 1.82) is 0 Å². The lowest BCUT2D eigenvalue weighted by Gasteiger charge is -2.39. The molecule has 2 aliphatic rings. The third-order valence-corrected chi connectivity index (χ3v) is 6.91. The van der Waals surface area contributed by atoms with E-state index in [0.29, 0.717) is 31.1 Å².